The Morgan fingerprint density at radius 1 is 1.09 bits per heavy atom. The van der Waals surface area contributed by atoms with Crippen molar-refractivity contribution in [1.29, 1.82) is 0 Å². The number of aliphatic hydroxyl groups excluding tert-OH is 1. The van der Waals surface area contributed by atoms with E-state index in [0.717, 1.165) is 19.3 Å². The van der Waals surface area contributed by atoms with Crippen LogP contribution in [0.2, 0.25) is 0 Å². The Morgan fingerprint density at radius 3 is 2.30 bits per heavy atom. The molecule has 0 aromatic heterocycles. The van der Waals surface area contributed by atoms with Gasteiger partial charge in [0.25, 0.3) is 0 Å². The molecule has 1 N–H and O–H groups in total. The van der Waals surface area contributed by atoms with Crippen molar-refractivity contribution < 1.29 is 14.6 Å². The molecule has 0 saturated carbocycles. The number of carbonyl (C=O) groups excluding carboxylic acids is 1. The minimum Gasteiger partial charge on any atom is -0.465 e. The van der Waals surface area contributed by atoms with Crippen molar-refractivity contribution >= 4 is 5.97 Å². The summed E-state index contributed by atoms with van der Waals surface area (Å²) >= 11 is 0. The zero-order valence-corrected chi connectivity index (χ0v) is 15.9. The lowest BCUT2D eigenvalue weighted by Crippen LogP contribution is -2.38. The van der Waals surface area contributed by atoms with Crippen LogP contribution in [0, 0.1) is 11.3 Å². The number of carbonyl (C=O) groups is 1. The third-order valence-corrected chi connectivity index (χ3v) is 4.19. The van der Waals surface area contributed by atoms with Gasteiger partial charge in [-0.2, -0.15) is 0 Å². The van der Waals surface area contributed by atoms with E-state index >= 15 is 0 Å². The van der Waals surface area contributed by atoms with Crippen LogP contribution >= 0.6 is 0 Å². The molecule has 0 aliphatic rings. The first kappa shape index (κ1) is 22.2. The van der Waals surface area contributed by atoms with Gasteiger partial charge in [0.15, 0.2) is 0 Å². The Labute approximate surface area is 143 Å². The van der Waals surface area contributed by atoms with Crippen LogP contribution < -0.4 is 0 Å². The molecule has 0 aromatic rings. The van der Waals surface area contributed by atoms with Crippen LogP contribution in [0.5, 0.6) is 0 Å². The highest BCUT2D eigenvalue weighted by Crippen LogP contribution is 2.26. The van der Waals surface area contributed by atoms with E-state index in [-0.39, 0.29) is 18.5 Å². The number of ether oxygens (including phenoxy) is 1. The summed E-state index contributed by atoms with van der Waals surface area (Å²) in [6.45, 7) is 10.3. The van der Waals surface area contributed by atoms with Gasteiger partial charge in [-0.25, -0.2) is 0 Å². The zero-order chi connectivity index (χ0) is 17.7. The Bertz CT molecular complexity index is 332. The summed E-state index contributed by atoms with van der Waals surface area (Å²) in [5.41, 5.74) is -0.393. The average molecular weight is 327 g/mol. The molecule has 0 heterocycles. The molecule has 0 rings (SSSR count). The number of allylic oxidation sites excluding steroid dienone is 2. The molecule has 0 fully saturated rings. The number of hydrogen-bond acceptors (Lipinski definition) is 3. The van der Waals surface area contributed by atoms with Crippen LogP contribution in [0.4, 0.5) is 0 Å². The van der Waals surface area contributed by atoms with Crippen molar-refractivity contribution in [3.05, 3.63) is 12.2 Å². The number of esters is 1. The number of aliphatic hydroxyl groups is 1. The molecule has 3 nitrogen and oxygen atoms in total. The van der Waals surface area contributed by atoms with Crippen LogP contribution in [0.25, 0.3) is 0 Å². The van der Waals surface area contributed by atoms with Gasteiger partial charge in [-0.1, -0.05) is 66.0 Å². The van der Waals surface area contributed by atoms with Gasteiger partial charge in [0.05, 0.1) is 12.7 Å². The summed E-state index contributed by atoms with van der Waals surface area (Å²) in [6.07, 6.45) is 12.4. The minimum absolute atomic E-state index is 0.139. The molecule has 0 saturated heterocycles. The number of hydrogen-bond donors (Lipinski definition) is 1. The van der Waals surface area contributed by atoms with Crippen molar-refractivity contribution in [2.24, 2.45) is 11.3 Å². The standard InChI is InChI=1S/C20H38O3/c1-6-7-8-9-10-11-12-13-14-15-18(21)23-16-20(4,5)19(22)17(2)3/h7-8,17,19,22H,6,9-16H2,1-5H3. The first-order valence-electron chi connectivity index (χ1n) is 9.30. The van der Waals surface area contributed by atoms with Crippen molar-refractivity contribution in [3.8, 4) is 0 Å². The van der Waals surface area contributed by atoms with E-state index in [1.54, 1.807) is 0 Å². The zero-order valence-electron chi connectivity index (χ0n) is 15.9. The third kappa shape index (κ3) is 11.4. The summed E-state index contributed by atoms with van der Waals surface area (Å²) in [6, 6.07) is 0. The van der Waals surface area contributed by atoms with Gasteiger partial charge in [-0.3, -0.25) is 4.79 Å². The Hall–Kier alpha value is -0.830. The monoisotopic (exact) mass is 326 g/mol. The van der Waals surface area contributed by atoms with Gasteiger partial charge in [0, 0.05) is 11.8 Å². The van der Waals surface area contributed by atoms with Gasteiger partial charge < -0.3 is 9.84 Å². The minimum atomic E-state index is -0.461. The molecule has 0 bridgehead atoms. The summed E-state index contributed by atoms with van der Waals surface area (Å²) in [5.74, 6) is 0.0239. The van der Waals surface area contributed by atoms with E-state index in [9.17, 15) is 9.90 Å². The van der Waals surface area contributed by atoms with Crippen LogP contribution in [0.3, 0.4) is 0 Å². The fourth-order valence-electron chi connectivity index (χ4n) is 2.67. The second-order valence-corrected chi connectivity index (χ2v) is 7.52. The summed E-state index contributed by atoms with van der Waals surface area (Å²) in [4.78, 5) is 11.8. The highest BCUT2D eigenvalue weighted by Gasteiger charge is 2.31. The van der Waals surface area contributed by atoms with Gasteiger partial charge in [0.2, 0.25) is 0 Å². The highest BCUT2D eigenvalue weighted by atomic mass is 16.5. The van der Waals surface area contributed by atoms with Crippen molar-refractivity contribution in [2.45, 2.75) is 92.1 Å². The van der Waals surface area contributed by atoms with Crippen molar-refractivity contribution in [3.63, 3.8) is 0 Å². The molecule has 0 aromatic carbocycles. The van der Waals surface area contributed by atoms with Crippen LogP contribution in [0.1, 0.15) is 86.0 Å². The van der Waals surface area contributed by atoms with Gasteiger partial charge in [-0.05, 0) is 31.6 Å². The molecule has 1 unspecified atom stereocenters. The van der Waals surface area contributed by atoms with Gasteiger partial charge in [0.1, 0.15) is 0 Å². The van der Waals surface area contributed by atoms with E-state index in [1.165, 1.54) is 25.7 Å². The highest BCUT2D eigenvalue weighted by molar-refractivity contribution is 5.69. The quantitative estimate of drug-likeness (QED) is 0.285. The summed E-state index contributed by atoms with van der Waals surface area (Å²) in [5, 5.41) is 10.1. The van der Waals surface area contributed by atoms with E-state index < -0.39 is 11.5 Å². The van der Waals surface area contributed by atoms with Crippen molar-refractivity contribution in [2.75, 3.05) is 6.61 Å². The summed E-state index contributed by atoms with van der Waals surface area (Å²) in [7, 11) is 0. The first-order chi connectivity index (χ1) is 10.8. The van der Waals surface area contributed by atoms with Crippen LogP contribution in [-0.2, 0) is 9.53 Å². The maximum Gasteiger partial charge on any atom is 0.305 e. The molecule has 3 heteroatoms. The lowest BCUT2D eigenvalue weighted by Gasteiger charge is -2.32. The van der Waals surface area contributed by atoms with Crippen LogP contribution in [-0.4, -0.2) is 23.8 Å². The maximum atomic E-state index is 11.8. The molecule has 0 aliphatic heterocycles. The predicted octanol–water partition coefficient (Wildman–Crippen LogP) is 5.27. The lowest BCUT2D eigenvalue weighted by atomic mass is 9.81. The van der Waals surface area contributed by atoms with E-state index in [2.05, 4.69) is 19.1 Å². The number of unbranched alkanes of at least 4 members (excludes halogenated alkanes) is 5. The topological polar surface area (TPSA) is 46.5 Å². The SMILES string of the molecule is CCC=CCCCCCCCC(=O)OCC(C)(C)C(O)C(C)C. The molecule has 0 spiro atoms. The lowest BCUT2D eigenvalue weighted by molar-refractivity contribution is -0.150. The Kier molecular flexibility index (Phi) is 12.1. The first-order valence-corrected chi connectivity index (χ1v) is 9.30. The van der Waals surface area contributed by atoms with Crippen molar-refractivity contribution in [1.82, 2.24) is 0 Å². The third-order valence-electron chi connectivity index (χ3n) is 4.19. The number of rotatable bonds is 13. The molecule has 136 valence electrons. The second-order valence-electron chi connectivity index (χ2n) is 7.52. The normalized spacial score (nSPS) is 13.7. The molecule has 23 heavy (non-hydrogen) atoms. The molecule has 0 aliphatic carbocycles. The maximum absolute atomic E-state index is 11.8. The van der Waals surface area contributed by atoms with E-state index in [0.29, 0.717) is 6.42 Å². The Balaban J connectivity index is 3.66. The summed E-state index contributed by atoms with van der Waals surface area (Å²) < 4.78 is 5.34. The molecule has 0 radical (unpaired) electrons. The fourth-order valence-corrected chi connectivity index (χ4v) is 2.67. The molecular weight excluding hydrogens is 288 g/mol. The second kappa shape index (κ2) is 12.6. The smallest absolute Gasteiger partial charge is 0.305 e. The Morgan fingerprint density at radius 2 is 1.70 bits per heavy atom. The van der Waals surface area contributed by atoms with Gasteiger partial charge >= 0.3 is 5.97 Å². The predicted molar refractivity (Wildman–Crippen MR) is 97.3 cm³/mol. The fraction of sp³-hybridized carbons (Fsp3) is 0.850. The van der Waals surface area contributed by atoms with Gasteiger partial charge in [-0.15, -0.1) is 0 Å². The van der Waals surface area contributed by atoms with E-state index in [4.69, 9.17) is 4.74 Å². The van der Waals surface area contributed by atoms with E-state index in [1.807, 2.05) is 27.7 Å². The largest absolute Gasteiger partial charge is 0.465 e. The molecule has 1 atom stereocenters. The molecule has 0 amide bonds. The van der Waals surface area contributed by atoms with Crippen LogP contribution in [0.15, 0.2) is 12.2 Å². The molecular formula is C20H38O3. The average Bonchev–Trinajstić information content (AvgIpc) is 2.50.